The predicted octanol–water partition coefficient (Wildman–Crippen LogP) is 3.94. The third kappa shape index (κ3) is 4.95. The van der Waals surface area contributed by atoms with Crippen molar-refractivity contribution in [2.75, 3.05) is 31.6 Å². The molecule has 2 aromatic rings. The van der Waals surface area contributed by atoms with E-state index in [0.717, 1.165) is 6.07 Å². The number of halogens is 3. The van der Waals surface area contributed by atoms with Crippen LogP contribution < -0.4 is 14.8 Å². The van der Waals surface area contributed by atoms with Gasteiger partial charge < -0.3 is 14.8 Å². The van der Waals surface area contributed by atoms with Crippen LogP contribution in [0.25, 0.3) is 0 Å². The Morgan fingerprint density at radius 3 is 2.54 bits per heavy atom. The first-order valence-corrected chi connectivity index (χ1v) is 8.93. The lowest BCUT2D eigenvalue weighted by Gasteiger charge is -2.22. The maximum Gasteiger partial charge on any atom is 0.416 e. The summed E-state index contributed by atoms with van der Waals surface area (Å²) in [6.45, 7) is 3.14. The molecule has 0 aromatic heterocycles. The van der Waals surface area contributed by atoms with Crippen LogP contribution >= 0.6 is 0 Å². The highest BCUT2D eigenvalue weighted by atomic mass is 19.4. The first-order valence-electron chi connectivity index (χ1n) is 8.93. The second-order valence-electron chi connectivity index (χ2n) is 6.36. The molecule has 0 saturated heterocycles. The molecule has 2 aromatic carbocycles. The van der Waals surface area contributed by atoms with Crippen LogP contribution in [0.4, 0.5) is 18.9 Å². The molecule has 0 aliphatic carbocycles. The molecule has 1 heterocycles. The fraction of sp³-hybridized carbons (Fsp3) is 0.350. The molecule has 0 spiro atoms. The Morgan fingerprint density at radius 1 is 1.11 bits per heavy atom. The van der Waals surface area contributed by atoms with Crippen molar-refractivity contribution in [3.63, 3.8) is 0 Å². The number of nitrogens with one attached hydrogen (secondary N) is 1. The lowest BCUT2D eigenvalue weighted by Crippen LogP contribution is -2.33. The Balaban J connectivity index is 1.64. The smallest absolute Gasteiger partial charge is 0.416 e. The number of anilines is 1. The Bertz CT molecular complexity index is 840. The van der Waals surface area contributed by atoms with Gasteiger partial charge in [-0.15, -0.1) is 0 Å². The van der Waals surface area contributed by atoms with Crippen LogP contribution in [0.1, 0.15) is 18.1 Å². The molecule has 1 aliphatic heterocycles. The molecule has 0 saturated carbocycles. The Labute approximate surface area is 161 Å². The van der Waals surface area contributed by atoms with Crippen LogP contribution in [0, 0.1) is 0 Å². The van der Waals surface area contributed by atoms with E-state index in [4.69, 9.17) is 9.47 Å². The molecule has 3 rings (SSSR count). The van der Waals surface area contributed by atoms with Crippen molar-refractivity contribution in [2.24, 2.45) is 0 Å². The molecule has 5 nitrogen and oxygen atoms in total. The number of benzene rings is 2. The molecule has 0 atom stereocenters. The maximum absolute atomic E-state index is 13.2. The van der Waals surface area contributed by atoms with E-state index in [0.29, 0.717) is 36.9 Å². The molecule has 1 aliphatic rings. The van der Waals surface area contributed by atoms with Crippen LogP contribution in [-0.2, 0) is 17.5 Å². The Morgan fingerprint density at radius 2 is 1.82 bits per heavy atom. The van der Waals surface area contributed by atoms with Gasteiger partial charge in [-0.05, 0) is 30.3 Å². The number of rotatable bonds is 6. The highest BCUT2D eigenvalue weighted by Gasteiger charge is 2.33. The van der Waals surface area contributed by atoms with Crippen molar-refractivity contribution in [3.8, 4) is 11.5 Å². The molecule has 8 heteroatoms. The number of hydrogen-bond donors (Lipinski definition) is 1. The highest BCUT2D eigenvalue weighted by molar-refractivity contribution is 5.92. The molecular weight excluding hydrogens is 373 g/mol. The predicted molar refractivity (Wildman–Crippen MR) is 98.5 cm³/mol. The number of fused-ring (bicyclic) bond motifs is 1. The summed E-state index contributed by atoms with van der Waals surface area (Å²) in [7, 11) is 0. The zero-order valence-corrected chi connectivity index (χ0v) is 15.4. The number of amides is 1. The van der Waals surface area contributed by atoms with Crippen LogP contribution in [0.2, 0.25) is 0 Å². The number of hydrogen-bond acceptors (Lipinski definition) is 4. The third-order valence-electron chi connectivity index (χ3n) is 4.36. The van der Waals surface area contributed by atoms with Crippen molar-refractivity contribution in [2.45, 2.75) is 19.6 Å². The van der Waals surface area contributed by atoms with E-state index >= 15 is 0 Å². The van der Waals surface area contributed by atoms with Crippen LogP contribution in [0.15, 0.2) is 42.5 Å². The highest BCUT2D eigenvalue weighted by Crippen LogP contribution is 2.33. The second kappa shape index (κ2) is 8.52. The summed E-state index contributed by atoms with van der Waals surface area (Å²) in [5.74, 6) is 0.849. The average molecular weight is 394 g/mol. The number of nitrogens with zero attached hydrogens (tertiary/aromatic N) is 1. The minimum atomic E-state index is -4.43. The van der Waals surface area contributed by atoms with Gasteiger partial charge in [-0.25, -0.2) is 0 Å². The summed E-state index contributed by atoms with van der Waals surface area (Å²) in [5.41, 5.74) is 0.00525. The van der Waals surface area contributed by atoms with E-state index in [9.17, 15) is 18.0 Å². The van der Waals surface area contributed by atoms with E-state index in [1.807, 2.05) is 0 Å². The van der Waals surface area contributed by atoms with Gasteiger partial charge >= 0.3 is 6.18 Å². The molecule has 0 fully saturated rings. The van der Waals surface area contributed by atoms with Crippen LogP contribution in [0.3, 0.4) is 0 Å². The molecule has 0 bridgehead atoms. The zero-order chi connectivity index (χ0) is 20.1. The average Bonchev–Trinajstić information content (AvgIpc) is 2.67. The van der Waals surface area contributed by atoms with Gasteiger partial charge in [0, 0.05) is 18.3 Å². The van der Waals surface area contributed by atoms with Crippen molar-refractivity contribution in [3.05, 3.63) is 53.6 Å². The lowest BCUT2D eigenvalue weighted by molar-refractivity contribution is -0.138. The first kappa shape index (κ1) is 20.0. The van der Waals surface area contributed by atoms with E-state index in [2.05, 4.69) is 5.32 Å². The van der Waals surface area contributed by atoms with Crippen molar-refractivity contribution < 1.29 is 27.4 Å². The fourth-order valence-corrected chi connectivity index (χ4v) is 2.98. The molecular formula is C20H21F3N2O3. The molecule has 28 heavy (non-hydrogen) atoms. The van der Waals surface area contributed by atoms with Crippen LogP contribution in [-0.4, -0.2) is 37.1 Å². The molecule has 1 amide bonds. The van der Waals surface area contributed by atoms with E-state index in [1.165, 1.54) is 12.1 Å². The molecule has 1 N–H and O–H groups in total. The quantitative estimate of drug-likeness (QED) is 0.807. The monoisotopic (exact) mass is 394 g/mol. The lowest BCUT2D eigenvalue weighted by atomic mass is 10.1. The van der Waals surface area contributed by atoms with Gasteiger partial charge in [0.25, 0.3) is 0 Å². The van der Waals surface area contributed by atoms with E-state index < -0.39 is 11.7 Å². The number of likely N-dealkylation sites (N-methyl/N-ethyl adjacent to an activating group) is 1. The number of alkyl halides is 3. The maximum atomic E-state index is 13.2. The Kier molecular flexibility index (Phi) is 6.08. The number of ether oxygens (including phenoxy) is 2. The van der Waals surface area contributed by atoms with Crippen molar-refractivity contribution >= 4 is 11.6 Å². The first-order chi connectivity index (χ1) is 13.4. The standard InChI is InChI=1S/C20H21F3N2O3/c1-2-25(12-14-5-3-4-6-16(14)20(21,22)23)13-19(26)24-15-7-8-17-18(11-15)28-10-9-27-17/h3-8,11H,2,9-10,12-13H2,1H3,(H,24,26). The molecule has 0 radical (unpaired) electrons. The van der Waals surface area contributed by atoms with Gasteiger partial charge in [0.2, 0.25) is 5.91 Å². The van der Waals surface area contributed by atoms with Crippen LogP contribution in [0.5, 0.6) is 11.5 Å². The van der Waals surface area contributed by atoms with Gasteiger partial charge in [0.05, 0.1) is 12.1 Å². The van der Waals surface area contributed by atoms with Gasteiger partial charge in [0.1, 0.15) is 13.2 Å². The van der Waals surface area contributed by atoms with Gasteiger partial charge in [-0.3, -0.25) is 9.69 Å². The molecule has 0 unspecified atom stereocenters. The largest absolute Gasteiger partial charge is 0.486 e. The topological polar surface area (TPSA) is 50.8 Å². The minimum absolute atomic E-state index is 0.0285. The SMILES string of the molecule is CCN(CC(=O)Nc1ccc2c(c1)OCCO2)Cc1ccccc1C(F)(F)F. The minimum Gasteiger partial charge on any atom is -0.486 e. The number of carbonyl (C=O) groups is 1. The number of carbonyl (C=O) groups excluding carboxylic acids is 1. The zero-order valence-electron chi connectivity index (χ0n) is 15.4. The fourth-order valence-electron chi connectivity index (χ4n) is 2.98. The Hall–Kier alpha value is -2.74. The van der Waals surface area contributed by atoms with Crippen molar-refractivity contribution in [1.29, 1.82) is 0 Å². The third-order valence-corrected chi connectivity index (χ3v) is 4.36. The van der Waals surface area contributed by atoms with E-state index in [-0.39, 0.29) is 24.6 Å². The summed E-state index contributed by atoms with van der Waals surface area (Å²) < 4.78 is 50.4. The summed E-state index contributed by atoms with van der Waals surface area (Å²) in [6.07, 6.45) is -4.43. The van der Waals surface area contributed by atoms with Crippen molar-refractivity contribution in [1.82, 2.24) is 4.90 Å². The van der Waals surface area contributed by atoms with E-state index in [1.54, 1.807) is 36.1 Å². The van der Waals surface area contributed by atoms with Gasteiger partial charge in [-0.1, -0.05) is 25.1 Å². The summed E-state index contributed by atoms with van der Waals surface area (Å²) in [4.78, 5) is 14.0. The summed E-state index contributed by atoms with van der Waals surface area (Å²) in [5, 5.41) is 2.75. The normalized spacial score (nSPS) is 13.5. The molecule has 150 valence electrons. The van der Waals surface area contributed by atoms with Gasteiger partial charge in [0.15, 0.2) is 11.5 Å². The summed E-state index contributed by atoms with van der Waals surface area (Å²) >= 11 is 0. The second-order valence-corrected chi connectivity index (χ2v) is 6.36. The van der Waals surface area contributed by atoms with Gasteiger partial charge in [-0.2, -0.15) is 13.2 Å². The summed E-state index contributed by atoms with van der Waals surface area (Å²) in [6, 6.07) is 10.5.